The smallest absolute Gasteiger partial charge is 0.355 e. The molecule has 0 bridgehead atoms. The van der Waals surface area contributed by atoms with Crippen molar-refractivity contribution in [2.45, 2.75) is 6.92 Å². The maximum absolute atomic E-state index is 12.6. The normalized spacial score (nSPS) is 14.2. The van der Waals surface area contributed by atoms with Crippen molar-refractivity contribution in [1.82, 2.24) is 15.0 Å². The van der Waals surface area contributed by atoms with Crippen LogP contribution in [0, 0.1) is 5.41 Å². The zero-order valence-electron chi connectivity index (χ0n) is 18.5. The molecule has 0 spiro atoms. The molecule has 0 radical (unpaired) electrons. The van der Waals surface area contributed by atoms with Crippen LogP contribution in [0.1, 0.15) is 28.0 Å². The summed E-state index contributed by atoms with van der Waals surface area (Å²) in [5, 5.41) is 26.3. The summed E-state index contributed by atoms with van der Waals surface area (Å²) in [6.07, 6.45) is 1.49. The van der Waals surface area contributed by atoms with Crippen LogP contribution in [0.25, 0.3) is 26.7 Å². The first-order valence-corrected chi connectivity index (χ1v) is 11.4. The van der Waals surface area contributed by atoms with Crippen LogP contribution >= 0.6 is 11.3 Å². The number of amidine groups is 1. The summed E-state index contributed by atoms with van der Waals surface area (Å²) in [6, 6.07) is 13.1. The number of esters is 1. The molecule has 0 saturated carbocycles. The van der Waals surface area contributed by atoms with Gasteiger partial charge in [0.15, 0.2) is 5.84 Å². The molecule has 9 nitrogen and oxygen atoms in total. The van der Waals surface area contributed by atoms with Crippen molar-refractivity contribution in [1.29, 1.82) is 5.41 Å². The van der Waals surface area contributed by atoms with Crippen LogP contribution in [0.4, 0.5) is 0 Å². The lowest BCUT2D eigenvalue weighted by atomic mass is 10.1. The summed E-state index contributed by atoms with van der Waals surface area (Å²) in [4.78, 5) is 20.2. The highest BCUT2D eigenvalue weighted by atomic mass is 32.1. The first kappa shape index (κ1) is 21.7. The molecule has 5 rings (SSSR count). The number of aliphatic hydroxyl groups is 1. The van der Waals surface area contributed by atoms with E-state index in [4.69, 9.17) is 14.9 Å². The molecule has 0 saturated heterocycles. The van der Waals surface area contributed by atoms with Gasteiger partial charge in [0.05, 0.1) is 35.7 Å². The number of benzene rings is 2. The van der Waals surface area contributed by atoms with E-state index in [1.165, 1.54) is 22.6 Å². The number of para-hydroxylation sites is 1. The third-order valence-corrected chi connectivity index (χ3v) is 6.50. The van der Waals surface area contributed by atoms with Crippen molar-refractivity contribution in [2.75, 3.05) is 20.3 Å². The molecule has 34 heavy (non-hydrogen) atoms. The minimum Gasteiger partial charge on any atom is -0.509 e. The molecule has 4 aromatic rings. The van der Waals surface area contributed by atoms with E-state index in [-0.39, 0.29) is 30.4 Å². The molecule has 1 aliphatic rings. The highest BCUT2D eigenvalue weighted by molar-refractivity contribution is 7.19. The number of ether oxygens (including phenoxy) is 2. The molecule has 3 heterocycles. The molecule has 0 aliphatic carbocycles. The Balaban J connectivity index is 1.49. The number of hydrazone groups is 1. The van der Waals surface area contributed by atoms with Crippen LogP contribution in [-0.2, 0) is 4.74 Å². The van der Waals surface area contributed by atoms with E-state index in [1.54, 1.807) is 26.2 Å². The largest absolute Gasteiger partial charge is 0.509 e. The van der Waals surface area contributed by atoms with Gasteiger partial charge >= 0.3 is 5.97 Å². The quantitative estimate of drug-likeness (QED) is 0.277. The zero-order valence-corrected chi connectivity index (χ0v) is 19.3. The lowest BCUT2D eigenvalue weighted by molar-refractivity contribution is 0.0520. The van der Waals surface area contributed by atoms with Gasteiger partial charge < -0.3 is 19.6 Å². The first-order valence-electron chi connectivity index (χ1n) is 10.6. The maximum Gasteiger partial charge on any atom is 0.355 e. The minimum absolute atomic E-state index is 0.0208. The Kier molecular flexibility index (Phi) is 5.50. The van der Waals surface area contributed by atoms with Crippen LogP contribution < -0.4 is 4.74 Å². The second-order valence-electron chi connectivity index (χ2n) is 7.50. The number of aliphatic hydroxyl groups excluding tert-OH is 1. The number of methoxy groups -OCH3 is 1. The highest BCUT2D eigenvalue weighted by Crippen LogP contribution is 2.33. The highest BCUT2D eigenvalue weighted by Gasteiger charge is 2.30. The van der Waals surface area contributed by atoms with Gasteiger partial charge in [0.25, 0.3) is 0 Å². The standard InChI is InChI=1S/C24H21N5O4S/c1-3-33-24(31)21-15(14-10-13(32-2)8-9-16(14)27-21)11-26-29-12-18(30)20(22(29)25)23-28-17-6-4-5-7-19(17)34-23/h4-11,25,27,30H,3,12H2,1-2H3. The van der Waals surface area contributed by atoms with Crippen LogP contribution in [0.5, 0.6) is 5.75 Å². The Morgan fingerprint density at radius 2 is 2.18 bits per heavy atom. The second kappa shape index (κ2) is 8.64. The van der Waals surface area contributed by atoms with E-state index in [0.717, 1.165) is 21.1 Å². The van der Waals surface area contributed by atoms with E-state index in [9.17, 15) is 9.90 Å². The van der Waals surface area contributed by atoms with Crippen LogP contribution in [0.15, 0.2) is 53.3 Å². The number of aromatic amines is 1. The van der Waals surface area contributed by atoms with Gasteiger partial charge in [0.1, 0.15) is 28.8 Å². The van der Waals surface area contributed by atoms with Gasteiger partial charge in [-0.25, -0.2) is 14.8 Å². The number of aromatic nitrogens is 2. The summed E-state index contributed by atoms with van der Waals surface area (Å²) >= 11 is 1.41. The van der Waals surface area contributed by atoms with Crippen molar-refractivity contribution in [3.8, 4) is 5.75 Å². The van der Waals surface area contributed by atoms with Crippen molar-refractivity contribution in [2.24, 2.45) is 5.10 Å². The average molecular weight is 476 g/mol. The van der Waals surface area contributed by atoms with Crippen molar-refractivity contribution in [3.05, 3.63) is 64.5 Å². The molecule has 3 N–H and O–H groups in total. The molecule has 0 fully saturated rings. The summed E-state index contributed by atoms with van der Waals surface area (Å²) < 4.78 is 11.5. The summed E-state index contributed by atoms with van der Waals surface area (Å²) in [6.45, 7) is 2.00. The SMILES string of the molecule is CCOC(=O)c1[nH]c2ccc(OC)cc2c1C=NN1CC(O)=C(c2nc3ccccc3s2)C1=N. The molecule has 0 unspecified atom stereocenters. The van der Waals surface area contributed by atoms with Gasteiger partial charge in [0.2, 0.25) is 0 Å². The fourth-order valence-electron chi connectivity index (χ4n) is 3.81. The molecular weight excluding hydrogens is 454 g/mol. The van der Waals surface area contributed by atoms with Crippen LogP contribution in [0.3, 0.4) is 0 Å². The number of hydrogen-bond donors (Lipinski definition) is 3. The van der Waals surface area contributed by atoms with Gasteiger partial charge in [-0.05, 0) is 37.3 Å². The van der Waals surface area contributed by atoms with E-state index in [2.05, 4.69) is 15.1 Å². The number of nitrogens with zero attached hydrogens (tertiary/aromatic N) is 3. The first-order chi connectivity index (χ1) is 16.5. The third kappa shape index (κ3) is 3.67. The number of carbonyl (C=O) groups is 1. The Bertz CT molecular complexity index is 1470. The predicted molar refractivity (Wildman–Crippen MR) is 132 cm³/mol. The summed E-state index contributed by atoms with van der Waals surface area (Å²) in [5.41, 5.74) is 2.64. The minimum atomic E-state index is -0.508. The lowest BCUT2D eigenvalue weighted by Gasteiger charge is -2.11. The van der Waals surface area contributed by atoms with E-state index in [0.29, 0.717) is 21.9 Å². The van der Waals surface area contributed by atoms with E-state index < -0.39 is 5.97 Å². The Hall–Kier alpha value is -4.18. The van der Waals surface area contributed by atoms with Gasteiger partial charge in [-0.2, -0.15) is 5.10 Å². The molecule has 1 aliphatic heterocycles. The van der Waals surface area contributed by atoms with Gasteiger partial charge in [-0.1, -0.05) is 12.1 Å². The molecule has 2 aromatic heterocycles. The topological polar surface area (TPSA) is 124 Å². The van der Waals surface area contributed by atoms with E-state index in [1.807, 2.05) is 30.3 Å². The maximum atomic E-state index is 12.6. The molecule has 0 atom stereocenters. The molecule has 0 amide bonds. The Morgan fingerprint density at radius 3 is 2.94 bits per heavy atom. The second-order valence-corrected chi connectivity index (χ2v) is 8.54. The fourth-order valence-corrected chi connectivity index (χ4v) is 4.85. The number of rotatable bonds is 6. The Labute approximate surface area is 198 Å². The number of nitrogens with one attached hydrogen (secondary N) is 2. The average Bonchev–Trinajstić information content (AvgIpc) is 3.50. The zero-order chi connectivity index (χ0) is 23.8. The van der Waals surface area contributed by atoms with E-state index >= 15 is 0 Å². The number of carbonyl (C=O) groups excluding carboxylic acids is 1. The summed E-state index contributed by atoms with van der Waals surface area (Å²) in [5.74, 6) is 0.171. The molecule has 10 heteroatoms. The number of thiazole rings is 1. The number of hydrogen-bond acceptors (Lipinski definition) is 8. The Morgan fingerprint density at radius 1 is 1.35 bits per heavy atom. The molecular formula is C24H21N5O4S. The van der Waals surface area contributed by atoms with Crippen LogP contribution in [0.2, 0.25) is 0 Å². The van der Waals surface area contributed by atoms with Crippen molar-refractivity contribution in [3.63, 3.8) is 0 Å². The van der Waals surface area contributed by atoms with Gasteiger partial charge in [-0.3, -0.25) is 5.41 Å². The lowest BCUT2D eigenvalue weighted by Crippen LogP contribution is -2.21. The number of fused-ring (bicyclic) bond motifs is 2. The van der Waals surface area contributed by atoms with Crippen molar-refractivity contribution < 1.29 is 19.4 Å². The predicted octanol–water partition coefficient (Wildman–Crippen LogP) is 4.56. The molecule has 2 aromatic carbocycles. The molecule has 172 valence electrons. The monoisotopic (exact) mass is 475 g/mol. The van der Waals surface area contributed by atoms with Crippen molar-refractivity contribution >= 4 is 56.0 Å². The third-order valence-electron chi connectivity index (χ3n) is 5.44. The number of H-pyrrole nitrogens is 1. The summed E-state index contributed by atoms with van der Waals surface area (Å²) in [7, 11) is 1.57. The fraction of sp³-hybridized carbons (Fsp3) is 0.167. The van der Waals surface area contributed by atoms with Gasteiger partial charge in [-0.15, -0.1) is 11.3 Å². The van der Waals surface area contributed by atoms with Gasteiger partial charge in [0, 0.05) is 16.5 Å². The van der Waals surface area contributed by atoms with Crippen LogP contribution in [-0.4, -0.2) is 58.4 Å².